The fourth-order valence-corrected chi connectivity index (χ4v) is 3.23. The summed E-state index contributed by atoms with van der Waals surface area (Å²) in [4.78, 5) is 4.73. The number of nitriles is 1. The van der Waals surface area contributed by atoms with Crippen molar-refractivity contribution in [1.29, 1.82) is 5.26 Å². The zero-order chi connectivity index (χ0) is 17.2. The van der Waals surface area contributed by atoms with E-state index in [4.69, 9.17) is 4.98 Å². The average Bonchev–Trinajstić information content (AvgIpc) is 3.02. The summed E-state index contributed by atoms with van der Waals surface area (Å²) in [6.45, 7) is 2.12. The number of imidazole rings is 1. The van der Waals surface area contributed by atoms with Crippen LogP contribution >= 0.6 is 0 Å². The van der Waals surface area contributed by atoms with E-state index < -0.39 is 0 Å². The lowest BCUT2D eigenvalue weighted by atomic mass is 10.1. The fraction of sp³-hybridized carbons (Fsp3) is 0.143. The molecule has 0 spiro atoms. The monoisotopic (exact) mass is 326 g/mol. The Morgan fingerprint density at radius 3 is 2.60 bits per heavy atom. The summed E-state index contributed by atoms with van der Waals surface area (Å²) in [5.41, 5.74) is 5.31. The van der Waals surface area contributed by atoms with Gasteiger partial charge in [-0.2, -0.15) is 5.26 Å². The number of aryl methyl sites for hydroxylation is 1. The highest BCUT2D eigenvalue weighted by atomic mass is 15.1. The van der Waals surface area contributed by atoms with Gasteiger partial charge in [0.2, 0.25) is 0 Å². The van der Waals surface area contributed by atoms with E-state index in [1.165, 1.54) is 0 Å². The molecule has 0 unspecified atom stereocenters. The van der Waals surface area contributed by atoms with E-state index in [1.807, 2.05) is 59.0 Å². The van der Waals surface area contributed by atoms with Gasteiger partial charge in [0.1, 0.15) is 11.9 Å². The zero-order valence-electron chi connectivity index (χ0n) is 14.0. The molecule has 2 aromatic heterocycles. The molecule has 4 rings (SSSR count). The van der Waals surface area contributed by atoms with Gasteiger partial charge in [-0.3, -0.25) is 4.40 Å². The number of aromatic nitrogens is 2. The first-order valence-corrected chi connectivity index (χ1v) is 8.47. The van der Waals surface area contributed by atoms with Crippen molar-refractivity contribution in [1.82, 2.24) is 9.38 Å². The highest BCUT2D eigenvalue weighted by molar-refractivity contribution is 5.85. The van der Waals surface area contributed by atoms with Crippen LogP contribution in [-0.4, -0.2) is 9.38 Å². The first-order valence-electron chi connectivity index (χ1n) is 8.47. The third-order valence-corrected chi connectivity index (χ3v) is 4.33. The molecule has 2 aromatic carbocycles. The number of fused-ring (bicyclic) bond motifs is 3. The number of pyridine rings is 1. The van der Waals surface area contributed by atoms with Gasteiger partial charge >= 0.3 is 0 Å². The third-order valence-electron chi connectivity index (χ3n) is 4.33. The Balaban J connectivity index is 2.04. The molecule has 2 heterocycles. The molecule has 0 saturated heterocycles. The summed E-state index contributed by atoms with van der Waals surface area (Å²) in [5, 5.41) is 13.2. The van der Waals surface area contributed by atoms with Gasteiger partial charge in [0.15, 0.2) is 5.65 Å². The van der Waals surface area contributed by atoms with Gasteiger partial charge in [-0.05, 0) is 42.3 Å². The van der Waals surface area contributed by atoms with Crippen molar-refractivity contribution in [3.8, 4) is 6.07 Å². The zero-order valence-corrected chi connectivity index (χ0v) is 14.0. The molecule has 0 aliphatic rings. The molecule has 4 nitrogen and oxygen atoms in total. The Bertz CT molecular complexity index is 1090. The lowest BCUT2D eigenvalue weighted by Crippen LogP contribution is -2.03. The molecule has 0 saturated carbocycles. The molecule has 0 atom stereocenters. The van der Waals surface area contributed by atoms with Crippen LogP contribution in [0.1, 0.15) is 24.5 Å². The van der Waals surface area contributed by atoms with E-state index in [2.05, 4.69) is 24.4 Å². The molecular weight excluding hydrogens is 308 g/mol. The second-order valence-electron chi connectivity index (χ2n) is 6.04. The number of benzene rings is 2. The van der Waals surface area contributed by atoms with E-state index in [0.717, 1.165) is 40.9 Å². The minimum Gasteiger partial charge on any atom is -0.341 e. The molecule has 0 aliphatic heterocycles. The Morgan fingerprint density at radius 1 is 1.08 bits per heavy atom. The van der Waals surface area contributed by atoms with Crippen LogP contribution in [0.15, 0.2) is 60.7 Å². The maximum Gasteiger partial charge on any atom is 0.157 e. The number of anilines is 2. The van der Waals surface area contributed by atoms with Crippen LogP contribution in [0.5, 0.6) is 0 Å². The van der Waals surface area contributed by atoms with Crippen LogP contribution < -0.4 is 5.32 Å². The summed E-state index contributed by atoms with van der Waals surface area (Å²) in [7, 11) is 0. The number of nitrogens with one attached hydrogen (secondary N) is 1. The summed E-state index contributed by atoms with van der Waals surface area (Å²) >= 11 is 0. The van der Waals surface area contributed by atoms with E-state index in [9.17, 15) is 5.26 Å². The van der Waals surface area contributed by atoms with Gasteiger partial charge in [0.25, 0.3) is 0 Å². The van der Waals surface area contributed by atoms with Crippen LogP contribution in [-0.2, 0) is 6.42 Å². The van der Waals surface area contributed by atoms with Crippen LogP contribution in [0, 0.1) is 11.3 Å². The van der Waals surface area contributed by atoms with Crippen LogP contribution in [0.25, 0.3) is 16.7 Å². The predicted octanol–water partition coefficient (Wildman–Crippen LogP) is 5.06. The van der Waals surface area contributed by atoms with Crippen LogP contribution in [0.4, 0.5) is 11.5 Å². The molecule has 0 aliphatic carbocycles. The van der Waals surface area contributed by atoms with E-state index in [-0.39, 0.29) is 0 Å². The molecule has 25 heavy (non-hydrogen) atoms. The van der Waals surface area contributed by atoms with Crippen LogP contribution in [0.2, 0.25) is 0 Å². The van der Waals surface area contributed by atoms with Gasteiger partial charge in [-0.15, -0.1) is 0 Å². The third kappa shape index (κ3) is 2.60. The summed E-state index contributed by atoms with van der Waals surface area (Å²) in [6, 6.07) is 22.5. The summed E-state index contributed by atoms with van der Waals surface area (Å²) in [6.07, 6.45) is 1.84. The molecular formula is C21H18N4. The number of para-hydroxylation sites is 3. The molecule has 0 radical (unpaired) electrons. The predicted molar refractivity (Wildman–Crippen MR) is 101 cm³/mol. The highest BCUT2D eigenvalue weighted by Gasteiger charge is 2.16. The van der Waals surface area contributed by atoms with Crippen molar-refractivity contribution in [2.75, 3.05) is 5.32 Å². The summed E-state index contributed by atoms with van der Waals surface area (Å²) < 4.78 is 2.04. The fourth-order valence-electron chi connectivity index (χ4n) is 3.23. The maximum absolute atomic E-state index is 9.73. The van der Waals surface area contributed by atoms with Gasteiger partial charge in [-0.25, -0.2) is 4.98 Å². The Kier molecular flexibility index (Phi) is 3.83. The Hall–Kier alpha value is -3.32. The lowest BCUT2D eigenvalue weighted by Gasteiger charge is -2.13. The number of nitrogens with zero attached hydrogens (tertiary/aromatic N) is 3. The van der Waals surface area contributed by atoms with Gasteiger partial charge < -0.3 is 5.32 Å². The topological polar surface area (TPSA) is 53.1 Å². The molecule has 1 N–H and O–H groups in total. The molecule has 0 amide bonds. The maximum atomic E-state index is 9.73. The SMILES string of the molecule is CCCc1cc(Nc2ccccc2)n2c(nc3ccccc32)c1C#N. The van der Waals surface area contributed by atoms with Crippen molar-refractivity contribution in [2.24, 2.45) is 0 Å². The molecule has 4 aromatic rings. The largest absolute Gasteiger partial charge is 0.341 e. The first-order chi connectivity index (χ1) is 12.3. The smallest absolute Gasteiger partial charge is 0.157 e. The molecule has 122 valence electrons. The van der Waals surface area contributed by atoms with E-state index in [1.54, 1.807) is 0 Å². The second-order valence-corrected chi connectivity index (χ2v) is 6.04. The average molecular weight is 326 g/mol. The minimum atomic E-state index is 0.664. The Labute approximate surface area is 146 Å². The molecule has 0 bridgehead atoms. The normalized spacial score (nSPS) is 10.9. The number of hydrogen-bond donors (Lipinski definition) is 1. The van der Waals surface area contributed by atoms with Crippen molar-refractivity contribution in [3.05, 3.63) is 71.8 Å². The van der Waals surface area contributed by atoms with Crippen molar-refractivity contribution >= 4 is 28.2 Å². The Morgan fingerprint density at radius 2 is 1.84 bits per heavy atom. The van der Waals surface area contributed by atoms with Gasteiger partial charge in [0, 0.05) is 5.69 Å². The van der Waals surface area contributed by atoms with Gasteiger partial charge in [-0.1, -0.05) is 43.7 Å². The van der Waals surface area contributed by atoms with E-state index >= 15 is 0 Å². The summed E-state index contributed by atoms with van der Waals surface area (Å²) in [5.74, 6) is 0.928. The second kappa shape index (κ2) is 6.29. The number of rotatable bonds is 4. The number of hydrogen-bond acceptors (Lipinski definition) is 3. The van der Waals surface area contributed by atoms with Crippen molar-refractivity contribution in [3.63, 3.8) is 0 Å². The minimum absolute atomic E-state index is 0.664. The highest BCUT2D eigenvalue weighted by Crippen LogP contribution is 2.29. The standard InChI is InChI=1S/C21H18N4/c1-2-8-15-13-20(23-16-9-4-3-5-10-16)25-19-12-7-6-11-18(19)24-21(25)17(15)14-22/h3-7,9-13,23H,2,8H2,1H3. The van der Waals surface area contributed by atoms with E-state index in [0.29, 0.717) is 11.2 Å². The van der Waals surface area contributed by atoms with Crippen molar-refractivity contribution in [2.45, 2.75) is 19.8 Å². The van der Waals surface area contributed by atoms with Gasteiger partial charge in [0.05, 0.1) is 16.6 Å². The first kappa shape index (κ1) is 15.2. The molecule has 0 fully saturated rings. The molecule has 4 heteroatoms. The van der Waals surface area contributed by atoms with Crippen molar-refractivity contribution < 1.29 is 0 Å². The van der Waals surface area contributed by atoms with Crippen LogP contribution in [0.3, 0.4) is 0 Å². The quantitative estimate of drug-likeness (QED) is 0.570. The lowest BCUT2D eigenvalue weighted by molar-refractivity contribution is 0.915.